The van der Waals surface area contributed by atoms with Crippen LogP contribution in [0.25, 0.3) is 0 Å². The third-order valence-electron chi connectivity index (χ3n) is 4.41. The van der Waals surface area contributed by atoms with Gasteiger partial charge in [0, 0.05) is 19.7 Å². The molecule has 1 fully saturated rings. The van der Waals surface area contributed by atoms with Crippen molar-refractivity contribution in [2.75, 3.05) is 26.2 Å². The van der Waals surface area contributed by atoms with E-state index in [2.05, 4.69) is 10.2 Å². The van der Waals surface area contributed by atoms with Gasteiger partial charge in [-0.1, -0.05) is 24.3 Å². The van der Waals surface area contributed by atoms with E-state index in [-0.39, 0.29) is 17.9 Å². The third kappa shape index (κ3) is 5.61. The number of amides is 1. The molecule has 1 aliphatic heterocycles. The Kier molecular flexibility index (Phi) is 7.02. The Hall–Kier alpha value is -1.43. The molecule has 0 aromatic heterocycles. The molecule has 5 nitrogen and oxygen atoms in total. The maximum absolute atomic E-state index is 12.1. The van der Waals surface area contributed by atoms with Crippen molar-refractivity contribution >= 4 is 5.91 Å². The lowest BCUT2D eigenvalue weighted by atomic mass is 10.0. The minimum Gasteiger partial charge on any atom is -0.393 e. The minimum absolute atomic E-state index is 0.0301. The van der Waals surface area contributed by atoms with Crippen molar-refractivity contribution in [1.29, 1.82) is 0 Å². The molecule has 0 saturated carbocycles. The van der Waals surface area contributed by atoms with Crippen LogP contribution in [0.1, 0.15) is 31.4 Å². The van der Waals surface area contributed by atoms with Gasteiger partial charge in [0.05, 0.1) is 19.3 Å². The number of carbonyl (C=O) groups is 1. The highest BCUT2D eigenvalue weighted by atomic mass is 16.5. The summed E-state index contributed by atoms with van der Waals surface area (Å²) in [5.74, 6) is 0.317. The summed E-state index contributed by atoms with van der Waals surface area (Å²) in [6.07, 6.45) is 0.663. The predicted octanol–water partition coefficient (Wildman–Crippen LogP) is 1.54. The Bertz CT molecular complexity index is 505. The summed E-state index contributed by atoms with van der Waals surface area (Å²) in [6, 6.07) is 8.02. The van der Waals surface area contributed by atoms with Crippen molar-refractivity contribution < 1.29 is 14.6 Å². The van der Waals surface area contributed by atoms with Crippen LogP contribution in [-0.4, -0.2) is 48.3 Å². The zero-order valence-electron chi connectivity index (χ0n) is 14.1. The number of likely N-dealkylation sites (tertiary alicyclic amines) is 1. The van der Waals surface area contributed by atoms with Gasteiger partial charge in [0.1, 0.15) is 0 Å². The third-order valence-corrected chi connectivity index (χ3v) is 4.41. The monoisotopic (exact) mass is 320 g/mol. The van der Waals surface area contributed by atoms with Gasteiger partial charge in [0.2, 0.25) is 5.91 Å². The highest BCUT2D eigenvalue weighted by Crippen LogP contribution is 2.19. The first-order valence-corrected chi connectivity index (χ1v) is 8.41. The second-order valence-corrected chi connectivity index (χ2v) is 6.21. The molecular weight excluding hydrogens is 292 g/mol. The van der Waals surface area contributed by atoms with Crippen molar-refractivity contribution in [3.05, 3.63) is 35.4 Å². The van der Waals surface area contributed by atoms with Gasteiger partial charge in [-0.3, -0.25) is 9.69 Å². The number of aliphatic hydroxyl groups is 1. The SMILES string of the molecule is CCOCc1ccccc1CNC(=O)CN1CCC(C(C)O)C1. The molecule has 1 heterocycles. The Labute approximate surface area is 138 Å². The Morgan fingerprint density at radius 1 is 1.43 bits per heavy atom. The number of rotatable bonds is 8. The van der Waals surface area contributed by atoms with Gasteiger partial charge in [-0.15, -0.1) is 0 Å². The standard InChI is InChI=1S/C18H28N2O3/c1-3-23-13-17-7-5-4-6-15(17)10-19-18(22)12-20-9-8-16(11-20)14(2)21/h4-7,14,16,21H,3,8-13H2,1-2H3,(H,19,22). The van der Waals surface area contributed by atoms with E-state index in [1.54, 1.807) is 0 Å². The molecule has 0 bridgehead atoms. The van der Waals surface area contributed by atoms with E-state index in [4.69, 9.17) is 4.74 Å². The van der Waals surface area contributed by atoms with Crippen LogP contribution < -0.4 is 5.32 Å². The average molecular weight is 320 g/mol. The molecule has 1 aromatic rings. The Balaban J connectivity index is 1.79. The van der Waals surface area contributed by atoms with E-state index in [0.717, 1.165) is 30.6 Å². The van der Waals surface area contributed by atoms with Gasteiger partial charge in [-0.2, -0.15) is 0 Å². The van der Waals surface area contributed by atoms with Gasteiger partial charge < -0.3 is 15.2 Å². The summed E-state index contributed by atoms with van der Waals surface area (Å²) in [6.45, 7) is 7.65. The fraction of sp³-hybridized carbons (Fsp3) is 0.611. The van der Waals surface area contributed by atoms with E-state index in [1.807, 2.05) is 38.1 Å². The first-order chi connectivity index (χ1) is 11.1. The quantitative estimate of drug-likeness (QED) is 0.763. The fourth-order valence-electron chi connectivity index (χ4n) is 2.94. The van der Waals surface area contributed by atoms with E-state index >= 15 is 0 Å². The number of ether oxygens (including phenoxy) is 1. The topological polar surface area (TPSA) is 61.8 Å². The maximum atomic E-state index is 12.1. The number of hydrogen-bond acceptors (Lipinski definition) is 4. The largest absolute Gasteiger partial charge is 0.393 e. The van der Waals surface area contributed by atoms with Crippen molar-refractivity contribution in [1.82, 2.24) is 10.2 Å². The van der Waals surface area contributed by atoms with Gasteiger partial charge in [-0.05, 0) is 43.9 Å². The number of benzene rings is 1. The molecular formula is C18H28N2O3. The van der Waals surface area contributed by atoms with Crippen LogP contribution >= 0.6 is 0 Å². The zero-order chi connectivity index (χ0) is 16.7. The lowest BCUT2D eigenvalue weighted by molar-refractivity contribution is -0.122. The second kappa shape index (κ2) is 9.01. The van der Waals surface area contributed by atoms with Crippen molar-refractivity contribution in [2.45, 2.75) is 39.5 Å². The van der Waals surface area contributed by atoms with Crippen molar-refractivity contribution in [3.8, 4) is 0 Å². The van der Waals surface area contributed by atoms with Gasteiger partial charge in [-0.25, -0.2) is 0 Å². The smallest absolute Gasteiger partial charge is 0.234 e. The molecule has 2 unspecified atom stereocenters. The van der Waals surface area contributed by atoms with E-state index in [1.165, 1.54) is 0 Å². The average Bonchev–Trinajstić information content (AvgIpc) is 3.00. The second-order valence-electron chi connectivity index (χ2n) is 6.21. The molecule has 2 atom stereocenters. The number of aliphatic hydroxyl groups excluding tert-OH is 1. The molecule has 0 spiro atoms. The molecule has 0 aliphatic carbocycles. The molecule has 1 aromatic carbocycles. The lowest BCUT2D eigenvalue weighted by Crippen LogP contribution is -2.36. The van der Waals surface area contributed by atoms with Crippen molar-refractivity contribution in [3.63, 3.8) is 0 Å². The molecule has 0 radical (unpaired) electrons. The summed E-state index contributed by atoms with van der Waals surface area (Å²) >= 11 is 0. The highest BCUT2D eigenvalue weighted by molar-refractivity contribution is 5.78. The normalized spacial score (nSPS) is 19.7. The van der Waals surface area contributed by atoms with Gasteiger partial charge in [0.15, 0.2) is 0 Å². The maximum Gasteiger partial charge on any atom is 0.234 e. The van der Waals surface area contributed by atoms with Crippen LogP contribution in [0.3, 0.4) is 0 Å². The Morgan fingerprint density at radius 3 is 2.83 bits per heavy atom. The molecule has 1 aliphatic rings. The highest BCUT2D eigenvalue weighted by Gasteiger charge is 2.26. The first-order valence-electron chi connectivity index (χ1n) is 8.41. The molecule has 2 rings (SSSR count). The summed E-state index contributed by atoms with van der Waals surface area (Å²) < 4.78 is 5.46. The first kappa shape index (κ1) is 17.9. The molecule has 23 heavy (non-hydrogen) atoms. The summed E-state index contributed by atoms with van der Waals surface area (Å²) in [4.78, 5) is 14.2. The molecule has 2 N–H and O–H groups in total. The summed E-state index contributed by atoms with van der Waals surface area (Å²) in [5, 5.41) is 12.6. The van der Waals surface area contributed by atoms with Crippen LogP contribution in [0.5, 0.6) is 0 Å². The minimum atomic E-state index is -0.298. The zero-order valence-corrected chi connectivity index (χ0v) is 14.1. The van der Waals surface area contributed by atoms with Crippen LogP contribution in [-0.2, 0) is 22.7 Å². The van der Waals surface area contributed by atoms with Gasteiger partial charge >= 0.3 is 0 Å². The molecule has 128 valence electrons. The number of hydrogen-bond donors (Lipinski definition) is 2. The summed E-state index contributed by atoms with van der Waals surface area (Å²) in [5.41, 5.74) is 2.21. The lowest BCUT2D eigenvalue weighted by Gasteiger charge is -2.17. The van der Waals surface area contributed by atoms with Crippen LogP contribution in [0, 0.1) is 5.92 Å². The number of nitrogens with zero attached hydrogens (tertiary/aromatic N) is 1. The van der Waals surface area contributed by atoms with Crippen LogP contribution in [0.15, 0.2) is 24.3 Å². The van der Waals surface area contributed by atoms with Gasteiger partial charge in [0.25, 0.3) is 0 Å². The Morgan fingerprint density at radius 2 is 2.17 bits per heavy atom. The fourth-order valence-corrected chi connectivity index (χ4v) is 2.94. The van der Waals surface area contributed by atoms with E-state index in [0.29, 0.717) is 26.3 Å². The van der Waals surface area contributed by atoms with Crippen LogP contribution in [0.2, 0.25) is 0 Å². The van der Waals surface area contributed by atoms with E-state index in [9.17, 15) is 9.90 Å². The molecule has 1 saturated heterocycles. The number of nitrogens with one attached hydrogen (secondary N) is 1. The molecule has 1 amide bonds. The summed E-state index contributed by atoms with van der Waals surface area (Å²) in [7, 11) is 0. The van der Waals surface area contributed by atoms with Crippen molar-refractivity contribution in [2.24, 2.45) is 5.92 Å². The van der Waals surface area contributed by atoms with Crippen LogP contribution in [0.4, 0.5) is 0 Å². The predicted molar refractivity (Wildman–Crippen MR) is 89.8 cm³/mol. The molecule has 5 heteroatoms. The van der Waals surface area contributed by atoms with E-state index < -0.39 is 0 Å². The number of carbonyl (C=O) groups excluding carboxylic acids is 1.